The van der Waals surface area contributed by atoms with Crippen LogP contribution in [-0.4, -0.2) is 61.4 Å². The number of nitrogens with zero attached hydrogens (tertiary/aromatic N) is 1. The number of aryl methyl sites for hydroxylation is 1. The highest BCUT2D eigenvalue weighted by Crippen LogP contribution is 2.20. The van der Waals surface area contributed by atoms with Gasteiger partial charge in [-0.05, 0) is 30.9 Å². The number of benzene rings is 1. The molecule has 146 valence electrons. The Morgan fingerprint density at radius 1 is 1.30 bits per heavy atom. The van der Waals surface area contributed by atoms with Gasteiger partial charge in [0, 0.05) is 36.6 Å². The van der Waals surface area contributed by atoms with E-state index < -0.39 is 15.8 Å². The first-order valence-corrected chi connectivity index (χ1v) is 10.8. The fourth-order valence-corrected chi connectivity index (χ4v) is 5.14. The second kappa shape index (κ2) is 8.12. The number of nitrogens with one attached hydrogen (secondary N) is 1. The highest BCUT2D eigenvalue weighted by molar-refractivity contribution is 7.91. The van der Waals surface area contributed by atoms with Crippen molar-refractivity contribution in [3.63, 3.8) is 0 Å². The fraction of sp³-hybridized carbons (Fsp3) is 0.474. The average molecular weight is 392 g/mol. The molecule has 1 aromatic carbocycles. The van der Waals surface area contributed by atoms with Gasteiger partial charge in [0.2, 0.25) is 0 Å². The first-order valence-electron chi connectivity index (χ1n) is 9.02. The molecule has 0 radical (unpaired) electrons. The number of fused-ring (bicyclic) bond motifs is 1. The van der Waals surface area contributed by atoms with Gasteiger partial charge >= 0.3 is 5.97 Å². The normalized spacial score (nSPS) is 18.5. The lowest BCUT2D eigenvalue weighted by atomic mass is 10.1. The summed E-state index contributed by atoms with van der Waals surface area (Å²) >= 11 is 0. The Morgan fingerprint density at radius 3 is 2.81 bits per heavy atom. The molecule has 27 heavy (non-hydrogen) atoms. The number of carbonyl (C=O) groups is 2. The number of likely N-dealkylation sites (N-methyl/N-ethyl adjacent to an activating group) is 1. The van der Waals surface area contributed by atoms with Gasteiger partial charge in [-0.25, -0.2) is 8.42 Å². The van der Waals surface area contributed by atoms with E-state index in [9.17, 15) is 18.0 Å². The van der Waals surface area contributed by atoms with Crippen molar-refractivity contribution in [2.75, 3.05) is 25.2 Å². The third kappa shape index (κ3) is 4.88. The van der Waals surface area contributed by atoms with Crippen LogP contribution < -0.4 is 0 Å². The lowest BCUT2D eigenvalue weighted by Gasteiger charge is -2.23. The largest absolute Gasteiger partial charge is 0.456 e. The second-order valence-corrected chi connectivity index (χ2v) is 9.16. The number of ether oxygens (including phenoxy) is 1. The lowest BCUT2D eigenvalue weighted by Crippen LogP contribution is -2.40. The van der Waals surface area contributed by atoms with E-state index in [4.69, 9.17) is 4.74 Å². The molecule has 3 rings (SSSR count). The predicted molar refractivity (Wildman–Crippen MR) is 102 cm³/mol. The quantitative estimate of drug-likeness (QED) is 0.723. The summed E-state index contributed by atoms with van der Waals surface area (Å²) < 4.78 is 28.1. The first-order chi connectivity index (χ1) is 12.9. The van der Waals surface area contributed by atoms with Crippen LogP contribution in [0, 0.1) is 0 Å². The van der Waals surface area contributed by atoms with Crippen molar-refractivity contribution in [2.24, 2.45) is 0 Å². The molecular weight excluding hydrogens is 368 g/mol. The zero-order valence-electron chi connectivity index (χ0n) is 15.3. The van der Waals surface area contributed by atoms with E-state index in [1.165, 1.54) is 4.90 Å². The Balaban J connectivity index is 1.40. The smallest absolute Gasteiger partial charge is 0.306 e. The molecular formula is C19H24N2O5S. The summed E-state index contributed by atoms with van der Waals surface area (Å²) in [6, 6.07) is 7.66. The molecule has 1 atom stereocenters. The summed E-state index contributed by atoms with van der Waals surface area (Å²) in [7, 11) is -1.50. The van der Waals surface area contributed by atoms with Gasteiger partial charge in [-0.1, -0.05) is 18.2 Å². The van der Waals surface area contributed by atoms with Crippen LogP contribution in [0.15, 0.2) is 30.5 Å². The van der Waals surface area contributed by atoms with Crippen molar-refractivity contribution >= 4 is 32.6 Å². The van der Waals surface area contributed by atoms with E-state index in [0.29, 0.717) is 12.8 Å². The molecule has 1 amide bonds. The molecule has 0 unspecified atom stereocenters. The number of H-pyrrole nitrogens is 1. The van der Waals surface area contributed by atoms with E-state index in [1.54, 1.807) is 7.05 Å². The van der Waals surface area contributed by atoms with Crippen molar-refractivity contribution in [3.8, 4) is 0 Å². The zero-order chi connectivity index (χ0) is 19.4. The van der Waals surface area contributed by atoms with Crippen LogP contribution in [0.25, 0.3) is 10.9 Å². The molecule has 1 aromatic heterocycles. The molecule has 2 heterocycles. The van der Waals surface area contributed by atoms with Crippen LogP contribution in [0.2, 0.25) is 0 Å². The minimum absolute atomic E-state index is 0.0200. The lowest BCUT2D eigenvalue weighted by molar-refractivity contribution is -0.152. The van der Waals surface area contributed by atoms with Crippen LogP contribution in [0.1, 0.15) is 24.8 Å². The summed E-state index contributed by atoms with van der Waals surface area (Å²) in [5.74, 6) is -0.714. The minimum atomic E-state index is -3.06. The summed E-state index contributed by atoms with van der Waals surface area (Å²) in [5.41, 5.74) is 2.22. The van der Waals surface area contributed by atoms with Crippen molar-refractivity contribution in [1.82, 2.24) is 9.88 Å². The molecule has 1 aliphatic heterocycles. The maximum absolute atomic E-state index is 12.1. The molecule has 2 aromatic rings. The van der Waals surface area contributed by atoms with Crippen LogP contribution in [-0.2, 0) is 30.6 Å². The van der Waals surface area contributed by atoms with Gasteiger partial charge in [0.1, 0.15) is 0 Å². The van der Waals surface area contributed by atoms with E-state index >= 15 is 0 Å². The minimum Gasteiger partial charge on any atom is -0.456 e. The number of sulfone groups is 1. The number of hydrogen-bond acceptors (Lipinski definition) is 5. The van der Waals surface area contributed by atoms with Gasteiger partial charge in [-0.2, -0.15) is 0 Å². The number of rotatable bonds is 7. The van der Waals surface area contributed by atoms with Gasteiger partial charge in [0.25, 0.3) is 5.91 Å². The maximum Gasteiger partial charge on any atom is 0.306 e. The third-order valence-corrected chi connectivity index (χ3v) is 6.76. The second-order valence-electron chi connectivity index (χ2n) is 6.94. The van der Waals surface area contributed by atoms with E-state index in [0.717, 1.165) is 22.9 Å². The van der Waals surface area contributed by atoms with Gasteiger partial charge in [-0.3, -0.25) is 9.59 Å². The number of aromatic amines is 1. The van der Waals surface area contributed by atoms with Crippen LogP contribution in [0.3, 0.4) is 0 Å². The number of carbonyl (C=O) groups excluding carboxylic acids is 2. The summed E-state index contributed by atoms with van der Waals surface area (Å²) in [4.78, 5) is 28.6. The molecule has 8 heteroatoms. The van der Waals surface area contributed by atoms with Crippen LogP contribution in [0.5, 0.6) is 0 Å². The molecule has 0 spiro atoms. The fourth-order valence-electron chi connectivity index (χ4n) is 3.36. The van der Waals surface area contributed by atoms with E-state index in [2.05, 4.69) is 4.98 Å². The van der Waals surface area contributed by atoms with Gasteiger partial charge in [0.15, 0.2) is 16.4 Å². The van der Waals surface area contributed by atoms with Crippen molar-refractivity contribution in [3.05, 3.63) is 36.0 Å². The standard InChI is InChI=1S/C19H24N2O5S/c1-21(15-9-10-27(24,25)13-15)18(22)12-26-19(23)8-4-5-14-11-20-17-7-3-2-6-16(14)17/h2-3,6-7,11,15,20H,4-5,8-10,12-13H2,1H3/t15-/m1/s1. The molecule has 1 fully saturated rings. The molecule has 1 aliphatic rings. The van der Waals surface area contributed by atoms with Crippen molar-refractivity contribution in [1.29, 1.82) is 0 Å². The van der Waals surface area contributed by atoms with E-state index in [-0.39, 0.29) is 36.5 Å². The highest BCUT2D eigenvalue weighted by Gasteiger charge is 2.32. The Hall–Kier alpha value is -2.35. The summed E-state index contributed by atoms with van der Waals surface area (Å²) in [5, 5.41) is 1.15. The number of hydrogen-bond donors (Lipinski definition) is 1. The molecule has 0 saturated carbocycles. The summed E-state index contributed by atoms with van der Waals surface area (Å²) in [6.45, 7) is -0.348. The first kappa shape index (κ1) is 19.4. The van der Waals surface area contributed by atoms with Crippen molar-refractivity contribution < 1.29 is 22.7 Å². The molecule has 7 nitrogen and oxygen atoms in total. The SMILES string of the molecule is CN(C(=O)COC(=O)CCCc1c[nH]c2ccccc12)[C@@H]1CCS(=O)(=O)C1. The Bertz CT molecular complexity index is 934. The molecule has 0 aliphatic carbocycles. The Labute approximate surface area is 158 Å². The third-order valence-electron chi connectivity index (χ3n) is 5.01. The topological polar surface area (TPSA) is 96.5 Å². The Kier molecular flexibility index (Phi) is 5.84. The van der Waals surface area contributed by atoms with Gasteiger partial charge in [-0.15, -0.1) is 0 Å². The van der Waals surface area contributed by atoms with Crippen LogP contribution >= 0.6 is 0 Å². The van der Waals surface area contributed by atoms with Crippen molar-refractivity contribution in [2.45, 2.75) is 31.7 Å². The Morgan fingerprint density at radius 2 is 2.07 bits per heavy atom. The monoisotopic (exact) mass is 392 g/mol. The maximum atomic E-state index is 12.1. The van der Waals surface area contributed by atoms with E-state index in [1.807, 2.05) is 30.5 Å². The van der Waals surface area contributed by atoms with Gasteiger partial charge < -0.3 is 14.6 Å². The molecule has 1 N–H and O–H groups in total. The average Bonchev–Trinajstić information content (AvgIpc) is 3.22. The molecule has 1 saturated heterocycles. The number of aromatic nitrogens is 1. The van der Waals surface area contributed by atoms with Gasteiger partial charge in [0.05, 0.1) is 11.5 Å². The zero-order valence-corrected chi connectivity index (χ0v) is 16.1. The van der Waals surface area contributed by atoms with Crippen LogP contribution in [0.4, 0.5) is 0 Å². The predicted octanol–water partition coefficient (Wildman–Crippen LogP) is 1.68. The highest BCUT2D eigenvalue weighted by atomic mass is 32.2. The molecule has 0 bridgehead atoms. The summed E-state index contributed by atoms with van der Waals surface area (Å²) in [6.07, 6.45) is 3.99. The number of amides is 1. The number of para-hydroxylation sites is 1. The number of esters is 1.